The molecule has 2 heterocycles. The summed E-state index contributed by atoms with van der Waals surface area (Å²) in [5.74, 6) is -0.622. The fourth-order valence-corrected chi connectivity index (χ4v) is 4.30. The van der Waals surface area contributed by atoms with Crippen LogP contribution in [0.1, 0.15) is 13.8 Å². The Morgan fingerprint density at radius 1 is 1.22 bits per heavy atom. The minimum atomic E-state index is -4.48. The SMILES string of the molecule is CC(C)C1CN(c2ccc(F)c(S(C)(=O)=O)c2)CCN1c1nccc(OCC(F)(F)F)n1. The van der Waals surface area contributed by atoms with Gasteiger partial charge in [0, 0.05) is 43.8 Å². The first-order chi connectivity index (χ1) is 14.8. The van der Waals surface area contributed by atoms with Crippen molar-refractivity contribution in [3.63, 3.8) is 0 Å². The van der Waals surface area contributed by atoms with Crippen molar-refractivity contribution in [3.8, 4) is 5.88 Å². The zero-order chi connectivity index (χ0) is 23.7. The zero-order valence-corrected chi connectivity index (χ0v) is 18.6. The number of rotatable bonds is 6. The normalized spacial score (nSPS) is 17.7. The Morgan fingerprint density at radius 3 is 2.56 bits per heavy atom. The lowest BCUT2D eigenvalue weighted by molar-refractivity contribution is -0.154. The highest BCUT2D eigenvalue weighted by Gasteiger charge is 2.32. The molecule has 1 saturated heterocycles. The number of halogens is 4. The van der Waals surface area contributed by atoms with Crippen LogP contribution in [0.4, 0.5) is 29.2 Å². The van der Waals surface area contributed by atoms with E-state index in [-0.39, 0.29) is 28.7 Å². The van der Waals surface area contributed by atoms with Crippen LogP contribution in [0.3, 0.4) is 0 Å². The molecule has 0 amide bonds. The van der Waals surface area contributed by atoms with Crippen LogP contribution in [0.15, 0.2) is 35.4 Å². The predicted octanol–water partition coefficient (Wildman–Crippen LogP) is 3.31. The van der Waals surface area contributed by atoms with Crippen molar-refractivity contribution < 1.29 is 30.7 Å². The first kappa shape index (κ1) is 24.0. The molecule has 32 heavy (non-hydrogen) atoms. The van der Waals surface area contributed by atoms with Gasteiger partial charge in [0.05, 0.1) is 6.04 Å². The molecule has 3 rings (SSSR count). The summed E-state index contributed by atoms with van der Waals surface area (Å²) in [6.07, 6.45) is -2.18. The van der Waals surface area contributed by atoms with Crippen LogP contribution in [-0.2, 0) is 9.84 Å². The lowest BCUT2D eigenvalue weighted by Gasteiger charge is -2.44. The third kappa shape index (κ3) is 5.78. The molecule has 1 aromatic heterocycles. The van der Waals surface area contributed by atoms with Gasteiger partial charge in [0.15, 0.2) is 16.4 Å². The second kappa shape index (κ2) is 9.08. The summed E-state index contributed by atoms with van der Waals surface area (Å²) in [6, 6.07) is 5.11. The van der Waals surface area contributed by atoms with E-state index < -0.39 is 28.4 Å². The van der Waals surface area contributed by atoms with Crippen LogP contribution < -0.4 is 14.5 Å². The third-order valence-electron chi connectivity index (χ3n) is 5.13. The number of ether oxygens (including phenoxy) is 1. The highest BCUT2D eigenvalue weighted by atomic mass is 32.2. The van der Waals surface area contributed by atoms with Crippen molar-refractivity contribution in [2.45, 2.75) is 31.0 Å². The number of hydrogen-bond acceptors (Lipinski definition) is 7. The Morgan fingerprint density at radius 2 is 1.94 bits per heavy atom. The Kier molecular flexibility index (Phi) is 6.82. The van der Waals surface area contributed by atoms with Crippen molar-refractivity contribution in [1.82, 2.24) is 9.97 Å². The molecule has 7 nitrogen and oxygen atoms in total. The van der Waals surface area contributed by atoms with Gasteiger partial charge in [-0.2, -0.15) is 18.2 Å². The van der Waals surface area contributed by atoms with Crippen LogP contribution in [0, 0.1) is 11.7 Å². The fraction of sp³-hybridized carbons (Fsp3) is 0.500. The maximum atomic E-state index is 14.0. The number of aromatic nitrogens is 2. The topological polar surface area (TPSA) is 75.6 Å². The van der Waals surface area contributed by atoms with Crippen molar-refractivity contribution >= 4 is 21.5 Å². The highest BCUT2D eigenvalue weighted by molar-refractivity contribution is 7.90. The number of alkyl halides is 3. The van der Waals surface area contributed by atoms with Gasteiger partial charge in [0.2, 0.25) is 11.8 Å². The minimum absolute atomic E-state index is 0.107. The molecule has 0 spiro atoms. The van der Waals surface area contributed by atoms with Gasteiger partial charge in [-0.25, -0.2) is 17.8 Å². The van der Waals surface area contributed by atoms with Crippen LogP contribution >= 0.6 is 0 Å². The summed E-state index contributed by atoms with van der Waals surface area (Å²) in [4.78, 5) is 11.8. The first-order valence-electron chi connectivity index (χ1n) is 9.89. The van der Waals surface area contributed by atoms with Gasteiger partial charge in [0.1, 0.15) is 10.7 Å². The summed E-state index contributed by atoms with van der Waals surface area (Å²) in [6.45, 7) is 3.86. The highest BCUT2D eigenvalue weighted by Crippen LogP contribution is 2.29. The summed E-state index contributed by atoms with van der Waals surface area (Å²) >= 11 is 0. The molecule has 1 unspecified atom stereocenters. The van der Waals surface area contributed by atoms with E-state index in [0.29, 0.717) is 25.3 Å². The molecule has 0 radical (unpaired) electrons. The van der Waals surface area contributed by atoms with Gasteiger partial charge in [-0.1, -0.05) is 13.8 Å². The summed E-state index contributed by atoms with van der Waals surface area (Å²) in [5, 5.41) is 0. The Labute approximate surface area is 183 Å². The molecule has 2 aromatic rings. The fourth-order valence-electron chi connectivity index (χ4n) is 3.54. The summed E-state index contributed by atoms with van der Waals surface area (Å²) < 4.78 is 79.8. The molecule has 1 atom stereocenters. The molecule has 0 aliphatic carbocycles. The Hall–Kier alpha value is -2.63. The van der Waals surface area contributed by atoms with E-state index in [2.05, 4.69) is 9.97 Å². The molecule has 0 saturated carbocycles. The van der Waals surface area contributed by atoms with Crippen molar-refractivity contribution in [3.05, 3.63) is 36.3 Å². The molecule has 1 fully saturated rings. The quantitative estimate of drug-likeness (QED) is 0.592. The van der Waals surface area contributed by atoms with E-state index in [1.807, 2.05) is 23.6 Å². The van der Waals surface area contributed by atoms with E-state index in [1.54, 1.807) is 0 Å². The monoisotopic (exact) mass is 476 g/mol. The maximum Gasteiger partial charge on any atom is 0.422 e. The zero-order valence-electron chi connectivity index (χ0n) is 17.8. The summed E-state index contributed by atoms with van der Waals surface area (Å²) in [5.41, 5.74) is 0.570. The molecule has 12 heteroatoms. The maximum absolute atomic E-state index is 14.0. The second-order valence-corrected chi connectivity index (χ2v) is 9.92. The van der Waals surface area contributed by atoms with E-state index in [0.717, 1.165) is 12.3 Å². The second-order valence-electron chi connectivity index (χ2n) is 7.94. The molecular weight excluding hydrogens is 452 g/mol. The molecular formula is C20H24F4N4O3S. The number of benzene rings is 1. The smallest absolute Gasteiger partial charge is 0.422 e. The Bertz CT molecular complexity index is 1060. The van der Waals surface area contributed by atoms with E-state index in [4.69, 9.17) is 4.74 Å². The minimum Gasteiger partial charge on any atom is -0.468 e. The van der Waals surface area contributed by atoms with Gasteiger partial charge in [-0.3, -0.25) is 0 Å². The van der Waals surface area contributed by atoms with E-state index in [9.17, 15) is 26.0 Å². The lowest BCUT2D eigenvalue weighted by Crippen LogP contribution is -2.56. The van der Waals surface area contributed by atoms with Gasteiger partial charge < -0.3 is 14.5 Å². The van der Waals surface area contributed by atoms with E-state index in [1.165, 1.54) is 24.4 Å². The lowest BCUT2D eigenvalue weighted by atomic mass is 9.99. The van der Waals surface area contributed by atoms with Crippen LogP contribution in [0.5, 0.6) is 5.88 Å². The average Bonchev–Trinajstić information content (AvgIpc) is 2.71. The molecule has 0 bridgehead atoms. The van der Waals surface area contributed by atoms with Crippen molar-refractivity contribution in [2.75, 3.05) is 42.3 Å². The molecule has 0 N–H and O–H groups in total. The van der Waals surface area contributed by atoms with Crippen LogP contribution in [0.25, 0.3) is 0 Å². The van der Waals surface area contributed by atoms with Crippen molar-refractivity contribution in [1.29, 1.82) is 0 Å². The van der Waals surface area contributed by atoms with Gasteiger partial charge >= 0.3 is 6.18 Å². The largest absolute Gasteiger partial charge is 0.468 e. The molecule has 1 aromatic carbocycles. The third-order valence-corrected chi connectivity index (χ3v) is 6.24. The van der Waals surface area contributed by atoms with Gasteiger partial charge in [-0.15, -0.1) is 0 Å². The number of sulfone groups is 1. The van der Waals surface area contributed by atoms with E-state index >= 15 is 0 Å². The number of hydrogen-bond donors (Lipinski definition) is 0. The number of anilines is 2. The molecule has 1 aliphatic rings. The number of piperazine rings is 1. The number of nitrogens with zero attached hydrogens (tertiary/aromatic N) is 4. The Balaban J connectivity index is 1.82. The van der Waals surface area contributed by atoms with Crippen LogP contribution in [-0.4, -0.2) is 63.1 Å². The molecule has 176 valence electrons. The summed E-state index contributed by atoms with van der Waals surface area (Å²) in [7, 11) is -3.73. The van der Waals surface area contributed by atoms with Gasteiger partial charge in [0.25, 0.3) is 0 Å². The van der Waals surface area contributed by atoms with Crippen LogP contribution in [0.2, 0.25) is 0 Å². The van der Waals surface area contributed by atoms with Crippen molar-refractivity contribution in [2.24, 2.45) is 5.92 Å². The standard InChI is InChI=1S/C20H24F4N4O3S/c1-13(2)16-11-27(14-4-5-15(21)17(10-14)32(3,29)30)8-9-28(16)19-25-7-6-18(26-19)31-12-20(22,23)24/h4-7,10,13,16H,8-9,11-12H2,1-3H3. The predicted molar refractivity (Wildman–Crippen MR) is 111 cm³/mol. The van der Waals surface area contributed by atoms with Gasteiger partial charge in [-0.05, 0) is 24.1 Å². The first-order valence-corrected chi connectivity index (χ1v) is 11.8. The molecule has 1 aliphatic heterocycles. The average molecular weight is 476 g/mol.